The first-order valence-corrected chi connectivity index (χ1v) is 6.23. The van der Waals surface area contributed by atoms with Crippen LogP contribution < -0.4 is 4.74 Å². The van der Waals surface area contributed by atoms with Gasteiger partial charge in [-0.15, -0.1) is 0 Å². The second kappa shape index (κ2) is 5.73. The van der Waals surface area contributed by atoms with E-state index in [4.69, 9.17) is 21.6 Å². The molecule has 0 fully saturated rings. The van der Waals surface area contributed by atoms with Crippen LogP contribution in [0.4, 0.5) is 0 Å². The molecule has 0 aliphatic rings. The summed E-state index contributed by atoms with van der Waals surface area (Å²) in [4.78, 5) is 4.00. The van der Waals surface area contributed by atoms with Crippen molar-refractivity contribution in [2.24, 2.45) is 0 Å². The summed E-state index contributed by atoms with van der Waals surface area (Å²) >= 11 is 6.11. The fourth-order valence-electron chi connectivity index (χ4n) is 1.81. The molecule has 3 nitrogen and oxygen atoms in total. The molecular formula is C15H13ClN2O. The summed E-state index contributed by atoms with van der Waals surface area (Å²) in [5.41, 5.74) is 3.12. The smallest absolute Gasteiger partial charge is 0.147 e. The van der Waals surface area contributed by atoms with Gasteiger partial charge in [0.1, 0.15) is 24.1 Å². The Bertz CT molecular complexity index is 624. The van der Waals surface area contributed by atoms with E-state index in [9.17, 15) is 0 Å². The van der Waals surface area contributed by atoms with Crippen molar-refractivity contribution in [3.8, 4) is 11.8 Å². The molecule has 2 aromatic rings. The van der Waals surface area contributed by atoms with Gasteiger partial charge in [-0.05, 0) is 43.2 Å². The molecule has 0 unspecified atom stereocenters. The van der Waals surface area contributed by atoms with E-state index in [0.717, 1.165) is 27.5 Å². The quantitative estimate of drug-likeness (QED) is 0.854. The molecule has 0 spiro atoms. The Morgan fingerprint density at radius 1 is 1.32 bits per heavy atom. The van der Waals surface area contributed by atoms with Crippen LogP contribution in [0.3, 0.4) is 0 Å². The first-order chi connectivity index (χ1) is 9.11. The zero-order valence-electron chi connectivity index (χ0n) is 10.8. The maximum Gasteiger partial charge on any atom is 0.147 e. The summed E-state index contributed by atoms with van der Waals surface area (Å²) in [6.45, 7) is 4.19. The van der Waals surface area contributed by atoms with Gasteiger partial charge in [0.2, 0.25) is 0 Å². The predicted octanol–water partition coefficient (Wildman–Crippen LogP) is 3.80. The molecule has 19 heavy (non-hydrogen) atoms. The molecule has 0 saturated heterocycles. The molecule has 1 heterocycles. The van der Waals surface area contributed by atoms with Crippen LogP contribution in [0.2, 0.25) is 5.02 Å². The lowest BCUT2D eigenvalue weighted by Crippen LogP contribution is -2.00. The summed E-state index contributed by atoms with van der Waals surface area (Å²) in [6, 6.07) is 9.45. The number of halogens is 1. The minimum Gasteiger partial charge on any atom is -0.489 e. The third-order valence-electron chi connectivity index (χ3n) is 2.80. The average Bonchev–Trinajstić information content (AvgIpc) is 2.42. The molecule has 0 saturated carbocycles. The van der Waals surface area contributed by atoms with Crippen LogP contribution in [0.5, 0.6) is 5.75 Å². The summed E-state index contributed by atoms with van der Waals surface area (Å²) in [6.07, 6.45) is 1.60. The van der Waals surface area contributed by atoms with Crippen LogP contribution in [-0.4, -0.2) is 4.98 Å². The number of aryl methyl sites for hydroxylation is 2. The Kier molecular flexibility index (Phi) is 4.03. The van der Waals surface area contributed by atoms with Crippen LogP contribution in [0.15, 0.2) is 30.5 Å². The van der Waals surface area contributed by atoms with E-state index in [2.05, 4.69) is 11.1 Å². The Morgan fingerprint density at radius 3 is 2.63 bits per heavy atom. The van der Waals surface area contributed by atoms with Crippen LogP contribution in [-0.2, 0) is 6.61 Å². The van der Waals surface area contributed by atoms with Crippen molar-refractivity contribution in [3.63, 3.8) is 0 Å². The van der Waals surface area contributed by atoms with Gasteiger partial charge in [-0.1, -0.05) is 17.7 Å². The minimum absolute atomic E-state index is 0.317. The summed E-state index contributed by atoms with van der Waals surface area (Å²) in [5.74, 6) is 0.743. The highest BCUT2D eigenvalue weighted by atomic mass is 35.5. The van der Waals surface area contributed by atoms with Crippen molar-refractivity contribution in [2.45, 2.75) is 20.5 Å². The molecule has 0 radical (unpaired) electrons. The molecule has 1 aromatic heterocycles. The normalized spacial score (nSPS) is 10.0. The Labute approximate surface area is 117 Å². The number of nitriles is 1. The van der Waals surface area contributed by atoms with E-state index in [1.807, 2.05) is 32.0 Å². The lowest BCUT2D eigenvalue weighted by molar-refractivity contribution is 0.305. The Hall–Kier alpha value is -2.05. The number of hydrogen-bond donors (Lipinski definition) is 0. The Morgan fingerprint density at radius 2 is 2.00 bits per heavy atom. The van der Waals surface area contributed by atoms with Crippen molar-refractivity contribution in [3.05, 3.63) is 57.9 Å². The molecule has 0 bridgehead atoms. The van der Waals surface area contributed by atoms with Gasteiger partial charge in [0.05, 0.1) is 0 Å². The zero-order valence-corrected chi connectivity index (χ0v) is 11.5. The topological polar surface area (TPSA) is 45.9 Å². The number of benzene rings is 1. The van der Waals surface area contributed by atoms with Gasteiger partial charge < -0.3 is 4.74 Å². The van der Waals surface area contributed by atoms with Crippen molar-refractivity contribution < 1.29 is 4.74 Å². The number of aromatic nitrogens is 1. The molecule has 0 N–H and O–H groups in total. The van der Waals surface area contributed by atoms with Crippen molar-refractivity contribution in [1.29, 1.82) is 5.26 Å². The van der Waals surface area contributed by atoms with E-state index in [0.29, 0.717) is 12.3 Å². The van der Waals surface area contributed by atoms with Crippen molar-refractivity contribution in [2.75, 3.05) is 0 Å². The number of hydrogen-bond acceptors (Lipinski definition) is 3. The molecule has 0 amide bonds. The van der Waals surface area contributed by atoms with Gasteiger partial charge in [-0.2, -0.15) is 5.26 Å². The van der Waals surface area contributed by atoms with E-state index in [-0.39, 0.29) is 0 Å². The van der Waals surface area contributed by atoms with Crippen molar-refractivity contribution >= 4 is 11.6 Å². The highest BCUT2D eigenvalue weighted by Gasteiger charge is 2.06. The monoisotopic (exact) mass is 272 g/mol. The van der Waals surface area contributed by atoms with Gasteiger partial charge >= 0.3 is 0 Å². The van der Waals surface area contributed by atoms with Gasteiger partial charge in [0.25, 0.3) is 0 Å². The third-order valence-corrected chi connectivity index (χ3v) is 3.40. The SMILES string of the molecule is Cc1cc(OCc2cccnc2C#N)cc(C)c1Cl. The second-order valence-electron chi connectivity index (χ2n) is 4.28. The highest BCUT2D eigenvalue weighted by molar-refractivity contribution is 6.32. The van der Waals surface area contributed by atoms with Gasteiger partial charge in [0, 0.05) is 16.8 Å². The van der Waals surface area contributed by atoms with Gasteiger partial charge in [0.15, 0.2) is 0 Å². The first-order valence-electron chi connectivity index (χ1n) is 5.85. The number of rotatable bonds is 3. The van der Waals surface area contributed by atoms with Gasteiger partial charge in [-0.25, -0.2) is 4.98 Å². The average molecular weight is 273 g/mol. The largest absolute Gasteiger partial charge is 0.489 e. The number of pyridine rings is 1. The Balaban J connectivity index is 2.17. The predicted molar refractivity (Wildman–Crippen MR) is 74.2 cm³/mol. The third kappa shape index (κ3) is 3.04. The number of ether oxygens (including phenoxy) is 1. The molecule has 0 aliphatic heterocycles. The molecule has 0 atom stereocenters. The summed E-state index contributed by atoms with van der Waals surface area (Å²) in [5, 5.41) is 9.71. The van der Waals surface area contributed by atoms with Crippen LogP contribution in [0, 0.1) is 25.2 Å². The lowest BCUT2D eigenvalue weighted by Gasteiger charge is -2.10. The highest BCUT2D eigenvalue weighted by Crippen LogP contribution is 2.26. The van der Waals surface area contributed by atoms with Crippen molar-refractivity contribution in [1.82, 2.24) is 4.98 Å². The molecule has 2 rings (SSSR count). The fraction of sp³-hybridized carbons (Fsp3) is 0.200. The molecule has 1 aromatic carbocycles. The fourth-order valence-corrected chi connectivity index (χ4v) is 1.92. The van der Waals surface area contributed by atoms with E-state index < -0.39 is 0 Å². The van der Waals surface area contributed by atoms with E-state index in [1.165, 1.54) is 0 Å². The minimum atomic E-state index is 0.317. The number of nitrogens with zero attached hydrogens (tertiary/aromatic N) is 2. The van der Waals surface area contributed by atoms with Crippen LogP contribution in [0.1, 0.15) is 22.4 Å². The van der Waals surface area contributed by atoms with Crippen LogP contribution in [0.25, 0.3) is 0 Å². The van der Waals surface area contributed by atoms with E-state index in [1.54, 1.807) is 12.3 Å². The second-order valence-corrected chi connectivity index (χ2v) is 4.66. The van der Waals surface area contributed by atoms with Gasteiger partial charge in [-0.3, -0.25) is 0 Å². The summed E-state index contributed by atoms with van der Waals surface area (Å²) in [7, 11) is 0. The maximum absolute atomic E-state index is 8.95. The zero-order chi connectivity index (χ0) is 13.8. The van der Waals surface area contributed by atoms with E-state index >= 15 is 0 Å². The molecule has 0 aliphatic carbocycles. The lowest BCUT2D eigenvalue weighted by atomic mass is 10.1. The molecule has 96 valence electrons. The van der Waals surface area contributed by atoms with Crippen LogP contribution >= 0.6 is 11.6 Å². The first kappa shape index (κ1) is 13.4. The summed E-state index contributed by atoms with van der Waals surface area (Å²) < 4.78 is 5.70. The maximum atomic E-state index is 8.95. The molecule has 4 heteroatoms. The molecular weight excluding hydrogens is 260 g/mol. The standard InChI is InChI=1S/C15H13ClN2O/c1-10-6-13(7-11(2)15(10)16)19-9-12-4-3-5-18-14(12)8-17/h3-7H,9H2,1-2H3.